The summed E-state index contributed by atoms with van der Waals surface area (Å²) in [5.41, 5.74) is 6.90. The molecule has 0 saturated carbocycles. The van der Waals surface area contributed by atoms with Crippen LogP contribution in [0.5, 0.6) is 0 Å². The Morgan fingerprint density at radius 1 is 1.21 bits per heavy atom. The van der Waals surface area contributed by atoms with Crippen molar-refractivity contribution in [2.75, 3.05) is 23.7 Å². The van der Waals surface area contributed by atoms with Gasteiger partial charge < -0.3 is 10.6 Å². The van der Waals surface area contributed by atoms with Crippen LogP contribution in [0.3, 0.4) is 0 Å². The van der Waals surface area contributed by atoms with Crippen molar-refractivity contribution in [3.05, 3.63) is 60.6 Å². The molecule has 3 heterocycles. The summed E-state index contributed by atoms with van der Waals surface area (Å²) in [5, 5.41) is 3.98. The van der Waals surface area contributed by atoms with Gasteiger partial charge in [-0.2, -0.15) is 10.1 Å². The van der Waals surface area contributed by atoms with Crippen molar-refractivity contribution in [2.45, 2.75) is 23.3 Å². The first-order chi connectivity index (χ1) is 13.9. The summed E-state index contributed by atoms with van der Waals surface area (Å²) in [6.45, 7) is 1.14. The fraction of sp³-hybridized carbons (Fsp3) is 0.316. The number of hydrogen-bond donors (Lipinski definition) is 2. The highest BCUT2D eigenvalue weighted by Crippen LogP contribution is 2.31. The Labute approximate surface area is 169 Å². The molecule has 1 fully saturated rings. The minimum Gasteiger partial charge on any atom is -0.384 e. The number of benzene rings is 1. The number of piperidine rings is 1. The first-order valence-electron chi connectivity index (χ1n) is 9.32. The van der Waals surface area contributed by atoms with E-state index in [-0.39, 0.29) is 16.9 Å². The van der Waals surface area contributed by atoms with E-state index in [4.69, 9.17) is 5.73 Å². The molecule has 2 aromatic heterocycles. The molecule has 3 aromatic rings. The minimum atomic E-state index is -3.72. The third-order valence-electron chi connectivity index (χ3n) is 5.09. The molecule has 0 bridgehead atoms. The summed E-state index contributed by atoms with van der Waals surface area (Å²) < 4.78 is 30.3. The Morgan fingerprint density at radius 2 is 2.00 bits per heavy atom. The maximum absolute atomic E-state index is 13.0. The molecule has 0 spiro atoms. The van der Waals surface area contributed by atoms with E-state index in [0.717, 1.165) is 12.0 Å². The van der Waals surface area contributed by atoms with Crippen LogP contribution in [0, 0.1) is 0 Å². The lowest BCUT2D eigenvalue weighted by molar-refractivity contribution is 0.407. The fourth-order valence-electron chi connectivity index (χ4n) is 3.67. The second-order valence-electron chi connectivity index (χ2n) is 7.11. The van der Waals surface area contributed by atoms with Crippen LogP contribution in [-0.2, 0) is 17.1 Å². The van der Waals surface area contributed by atoms with E-state index in [1.807, 2.05) is 35.2 Å². The van der Waals surface area contributed by atoms with Gasteiger partial charge in [0.25, 0.3) is 0 Å². The van der Waals surface area contributed by atoms with Crippen molar-refractivity contribution in [3.8, 4) is 0 Å². The largest absolute Gasteiger partial charge is 0.384 e. The van der Waals surface area contributed by atoms with Crippen LogP contribution in [0.1, 0.15) is 17.9 Å². The molecule has 1 aliphatic rings. The zero-order chi connectivity index (χ0) is 20.4. The average molecular weight is 414 g/mol. The van der Waals surface area contributed by atoms with E-state index >= 15 is 0 Å². The number of aryl methyl sites for hydroxylation is 1. The first kappa shape index (κ1) is 19.3. The molecule has 10 heteroatoms. The van der Waals surface area contributed by atoms with Gasteiger partial charge >= 0.3 is 0 Å². The van der Waals surface area contributed by atoms with Crippen molar-refractivity contribution in [2.24, 2.45) is 7.05 Å². The van der Waals surface area contributed by atoms with Crippen LogP contribution in [0.2, 0.25) is 0 Å². The quantitative estimate of drug-likeness (QED) is 0.643. The molecule has 2 atom stereocenters. The molecular formula is C19H23N7O2S. The van der Waals surface area contributed by atoms with Crippen LogP contribution in [0.25, 0.3) is 0 Å². The van der Waals surface area contributed by atoms with Gasteiger partial charge in [0.2, 0.25) is 16.0 Å². The van der Waals surface area contributed by atoms with E-state index in [9.17, 15) is 8.42 Å². The summed E-state index contributed by atoms with van der Waals surface area (Å²) in [5.74, 6) is 0.912. The highest BCUT2D eigenvalue weighted by atomic mass is 32.2. The van der Waals surface area contributed by atoms with Crippen molar-refractivity contribution in [3.63, 3.8) is 0 Å². The molecule has 152 valence electrons. The lowest BCUT2D eigenvalue weighted by Crippen LogP contribution is -2.52. The molecule has 0 radical (unpaired) electrons. The molecule has 0 unspecified atom stereocenters. The highest BCUT2D eigenvalue weighted by molar-refractivity contribution is 7.89. The smallest absolute Gasteiger partial charge is 0.244 e. The topological polar surface area (TPSA) is 119 Å². The molecule has 9 nitrogen and oxygen atoms in total. The molecule has 1 aliphatic heterocycles. The highest BCUT2D eigenvalue weighted by Gasteiger charge is 2.35. The van der Waals surface area contributed by atoms with E-state index in [2.05, 4.69) is 19.8 Å². The van der Waals surface area contributed by atoms with Crippen molar-refractivity contribution in [1.82, 2.24) is 24.5 Å². The first-order valence-corrected chi connectivity index (χ1v) is 10.8. The molecule has 0 amide bonds. The van der Waals surface area contributed by atoms with E-state index in [1.165, 1.54) is 17.1 Å². The van der Waals surface area contributed by atoms with Crippen LogP contribution in [0.4, 0.5) is 11.8 Å². The SMILES string of the molecule is Cn1cc(S(=O)(=O)N[C@H]2CN(c3nccc(N)n3)CC[C@H]2c2ccccc2)cn1. The number of nitrogen functional groups attached to an aromatic ring is 1. The fourth-order valence-corrected chi connectivity index (χ4v) is 4.92. The predicted molar refractivity (Wildman–Crippen MR) is 110 cm³/mol. The summed E-state index contributed by atoms with van der Waals surface area (Å²) in [6, 6.07) is 11.2. The number of aromatic nitrogens is 4. The van der Waals surface area contributed by atoms with Crippen LogP contribution in [-0.4, -0.2) is 47.3 Å². The number of hydrogen-bond acceptors (Lipinski definition) is 7. The van der Waals surface area contributed by atoms with Crippen LogP contribution >= 0.6 is 0 Å². The van der Waals surface area contributed by atoms with Gasteiger partial charge in [0.1, 0.15) is 10.7 Å². The summed E-state index contributed by atoms with van der Waals surface area (Å²) in [6.07, 6.45) is 5.20. The number of anilines is 2. The molecule has 4 rings (SSSR count). The van der Waals surface area contributed by atoms with Gasteiger partial charge in [-0.25, -0.2) is 18.1 Å². The standard InChI is InChI=1S/C19H23N7O2S/c1-25-12-15(11-22-25)29(27,28)24-17-13-26(19-21-9-7-18(20)23-19)10-8-16(17)14-5-3-2-4-6-14/h2-7,9,11-12,16-17,24H,8,10,13H2,1H3,(H2,20,21,23)/t16-,17-/m0/s1. The maximum Gasteiger partial charge on any atom is 0.244 e. The van der Waals surface area contributed by atoms with Gasteiger partial charge in [-0.3, -0.25) is 4.68 Å². The molecule has 1 saturated heterocycles. The average Bonchev–Trinajstić information content (AvgIpc) is 3.16. The van der Waals surface area contributed by atoms with Crippen LogP contribution < -0.4 is 15.4 Å². The Morgan fingerprint density at radius 3 is 2.69 bits per heavy atom. The Kier molecular flexibility index (Phi) is 5.20. The number of rotatable bonds is 5. The summed E-state index contributed by atoms with van der Waals surface area (Å²) in [4.78, 5) is 10.7. The predicted octanol–water partition coefficient (Wildman–Crippen LogP) is 1.13. The lowest BCUT2D eigenvalue weighted by atomic mass is 9.86. The third kappa shape index (κ3) is 4.22. The van der Waals surface area contributed by atoms with Gasteiger partial charge in [-0.1, -0.05) is 30.3 Å². The Bertz CT molecular complexity index is 1080. The van der Waals surface area contributed by atoms with Crippen molar-refractivity contribution in [1.29, 1.82) is 0 Å². The van der Waals surface area contributed by atoms with E-state index in [0.29, 0.717) is 24.9 Å². The number of nitrogens with zero attached hydrogens (tertiary/aromatic N) is 5. The third-order valence-corrected chi connectivity index (χ3v) is 6.53. The number of nitrogens with two attached hydrogens (primary N) is 1. The second-order valence-corrected chi connectivity index (χ2v) is 8.82. The zero-order valence-electron chi connectivity index (χ0n) is 16.0. The van der Waals surface area contributed by atoms with Gasteiger partial charge in [0.05, 0.1) is 6.20 Å². The zero-order valence-corrected chi connectivity index (χ0v) is 16.8. The molecule has 0 aliphatic carbocycles. The van der Waals surface area contributed by atoms with E-state index < -0.39 is 10.0 Å². The normalized spacial score (nSPS) is 20.0. The molecular weight excluding hydrogens is 390 g/mol. The van der Waals surface area contributed by atoms with E-state index in [1.54, 1.807) is 19.3 Å². The van der Waals surface area contributed by atoms with Gasteiger partial charge in [-0.15, -0.1) is 0 Å². The van der Waals surface area contributed by atoms with Crippen molar-refractivity contribution >= 4 is 21.8 Å². The van der Waals surface area contributed by atoms with Crippen LogP contribution in [0.15, 0.2) is 59.9 Å². The van der Waals surface area contributed by atoms with Gasteiger partial charge in [0, 0.05) is 44.5 Å². The van der Waals surface area contributed by atoms with Gasteiger partial charge in [0.15, 0.2) is 0 Å². The molecule has 3 N–H and O–H groups in total. The minimum absolute atomic E-state index is 0.0277. The number of sulfonamides is 1. The Hall–Kier alpha value is -2.98. The summed E-state index contributed by atoms with van der Waals surface area (Å²) in [7, 11) is -2.03. The Balaban J connectivity index is 1.64. The lowest BCUT2D eigenvalue weighted by Gasteiger charge is -2.39. The summed E-state index contributed by atoms with van der Waals surface area (Å²) >= 11 is 0. The molecule has 1 aromatic carbocycles. The monoisotopic (exact) mass is 413 g/mol. The second kappa shape index (κ2) is 7.80. The number of nitrogens with one attached hydrogen (secondary N) is 1. The molecule has 29 heavy (non-hydrogen) atoms. The van der Waals surface area contributed by atoms with Crippen molar-refractivity contribution < 1.29 is 8.42 Å². The van der Waals surface area contributed by atoms with Gasteiger partial charge in [-0.05, 0) is 18.1 Å². The maximum atomic E-state index is 13.0.